The summed E-state index contributed by atoms with van der Waals surface area (Å²) >= 11 is 3.37. The Hall–Kier alpha value is -3.07. The molecule has 3 rings (SSSR count). The molecular formula is C19H17BrN2O6. The monoisotopic (exact) mass is 448 g/mol. The van der Waals surface area contributed by atoms with Gasteiger partial charge in [-0.15, -0.1) is 0 Å². The number of anilines is 1. The maximum atomic E-state index is 12.9. The number of methoxy groups -OCH3 is 2. The highest BCUT2D eigenvalue weighted by atomic mass is 79.9. The van der Waals surface area contributed by atoms with Crippen molar-refractivity contribution >= 4 is 39.6 Å². The molecule has 8 nitrogen and oxygen atoms in total. The van der Waals surface area contributed by atoms with Crippen LogP contribution in [0.5, 0.6) is 0 Å². The average Bonchev–Trinajstić information content (AvgIpc) is 3.16. The van der Waals surface area contributed by atoms with Crippen LogP contribution in [0.2, 0.25) is 0 Å². The van der Waals surface area contributed by atoms with Crippen molar-refractivity contribution in [1.82, 2.24) is 5.32 Å². The van der Waals surface area contributed by atoms with Gasteiger partial charge in [-0.05, 0) is 31.2 Å². The number of furan rings is 1. The number of carbonyl (C=O) groups is 3. The molecule has 0 aliphatic carbocycles. The van der Waals surface area contributed by atoms with Crippen molar-refractivity contribution in [2.24, 2.45) is 0 Å². The number of urea groups is 1. The quantitative estimate of drug-likeness (QED) is 0.718. The third kappa shape index (κ3) is 3.40. The molecule has 1 aliphatic heterocycles. The third-order valence-electron chi connectivity index (χ3n) is 4.33. The number of ether oxygens (including phenoxy) is 2. The Kier molecular flexibility index (Phi) is 5.55. The zero-order valence-corrected chi connectivity index (χ0v) is 16.9. The van der Waals surface area contributed by atoms with Gasteiger partial charge in [0, 0.05) is 15.7 Å². The molecule has 1 N–H and O–H groups in total. The van der Waals surface area contributed by atoms with Crippen LogP contribution in [0, 0.1) is 0 Å². The predicted octanol–water partition coefficient (Wildman–Crippen LogP) is 3.55. The van der Waals surface area contributed by atoms with Crippen LogP contribution in [0.25, 0.3) is 0 Å². The van der Waals surface area contributed by atoms with E-state index in [9.17, 15) is 14.4 Å². The normalized spacial score (nSPS) is 16.6. The van der Waals surface area contributed by atoms with Gasteiger partial charge in [0.05, 0.1) is 37.8 Å². The molecule has 1 aromatic carbocycles. The second kappa shape index (κ2) is 7.89. The SMILES string of the molecule is COC(=O)C1=C(C)N(c2cccc(Br)c2)C(=O)N[C@H]1c1ccoc1C(=O)OC. The van der Waals surface area contributed by atoms with Crippen LogP contribution in [-0.2, 0) is 14.3 Å². The van der Waals surface area contributed by atoms with Gasteiger partial charge in [-0.3, -0.25) is 4.90 Å². The summed E-state index contributed by atoms with van der Waals surface area (Å²) in [6, 6.07) is 7.18. The Bertz CT molecular complexity index is 980. The first-order valence-corrected chi connectivity index (χ1v) is 8.99. The smallest absolute Gasteiger partial charge is 0.374 e. The standard InChI is InChI=1S/C19H17BrN2O6/c1-10-14(17(23)26-2)15(13-7-8-28-16(13)18(24)27-3)21-19(25)22(10)12-6-4-5-11(20)9-12/h4-9,15H,1-3H3,(H,21,25)/t15-/m0/s1. The van der Waals surface area contributed by atoms with Gasteiger partial charge in [0.15, 0.2) is 0 Å². The molecule has 2 heterocycles. The van der Waals surface area contributed by atoms with E-state index in [1.165, 1.54) is 31.4 Å². The predicted molar refractivity (Wildman–Crippen MR) is 103 cm³/mol. The number of esters is 2. The number of hydrogen-bond donors (Lipinski definition) is 1. The van der Waals surface area contributed by atoms with Crippen molar-refractivity contribution in [3.63, 3.8) is 0 Å². The van der Waals surface area contributed by atoms with Gasteiger partial charge in [-0.1, -0.05) is 22.0 Å². The lowest BCUT2D eigenvalue weighted by Crippen LogP contribution is -2.48. The van der Waals surface area contributed by atoms with E-state index in [0.717, 1.165) is 4.47 Å². The minimum Gasteiger partial charge on any atom is -0.466 e. The summed E-state index contributed by atoms with van der Waals surface area (Å²) in [5.74, 6) is -1.46. The molecule has 0 spiro atoms. The van der Waals surface area contributed by atoms with Crippen LogP contribution in [0.3, 0.4) is 0 Å². The first kappa shape index (κ1) is 19.7. The van der Waals surface area contributed by atoms with Crippen molar-refractivity contribution in [2.75, 3.05) is 19.1 Å². The highest BCUT2D eigenvalue weighted by Crippen LogP contribution is 2.36. The number of nitrogens with zero attached hydrogens (tertiary/aromatic N) is 1. The van der Waals surface area contributed by atoms with E-state index in [-0.39, 0.29) is 11.3 Å². The zero-order valence-electron chi connectivity index (χ0n) is 15.3. The lowest BCUT2D eigenvalue weighted by Gasteiger charge is -2.35. The van der Waals surface area contributed by atoms with E-state index < -0.39 is 24.0 Å². The molecule has 9 heteroatoms. The Morgan fingerprint density at radius 2 is 1.89 bits per heavy atom. The molecule has 28 heavy (non-hydrogen) atoms. The number of carbonyl (C=O) groups excluding carboxylic acids is 3. The van der Waals surface area contributed by atoms with Crippen LogP contribution in [0.15, 0.2) is 56.8 Å². The Balaban J connectivity index is 2.16. The first-order chi connectivity index (χ1) is 13.4. The van der Waals surface area contributed by atoms with Gasteiger partial charge < -0.3 is 19.2 Å². The summed E-state index contributed by atoms with van der Waals surface area (Å²) in [5.41, 5.74) is 1.41. The molecule has 0 saturated carbocycles. The minimum atomic E-state index is -0.934. The minimum absolute atomic E-state index is 0.0992. The van der Waals surface area contributed by atoms with E-state index >= 15 is 0 Å². The number of benzene rings is 1. The number of allylic oxidation sites excluding steroid dienone is 1. The maximum Gasteiger partial charge on any atom is 0.374 e. The summed E-state index contributed by atoms with van der Waals surface area (Å²) in [4.78, 5) is 38.8. The number of rotatable bonds is 4. The molecule has 0 radical (unpaired) electrons. The molecule has 1 aliphatic rings. The third-order valence-corrected chi connectivity index (χ3v) is 4.83. The van der Waals surface area contributed by atoms with Gasteiger partial charge in [0.25, 0.3) is 0 Å². The molecule has 0 saturated heterocycles. The maximum absolute atomic E-state index is 12.9. The van der Waals surface area contributed by atoms with Crippen LogP contribution >= 0.6 is 15.9 Å². The highest BCUT2D eigenvalue weighted by molar-refractivity contribution is 9.10. The van der Waals surface area contributed by atoms with Gasteiger partial charge in [0.2, 0.25) is 5.76 Å². The zero-order chi connectivity index (χ0) is 20.4. The Morgan fingerprint density at radius 3 is 2.54 bits per heavy atom. The molecule has 0 fully saturated rings. The van der Waals surface area contributed by atoms with Crippen molar-refractivity contribution in [2.45, 2.75) is 13.0 Å². The lowest BCUT2D eigenvalue weighted by atomic mass is 9.94. The lowest BCUT2D eigenvalue weighted by molar-refractivity contribution is -0.136. The Labute approximate surface area is 169 Å². The molecule has 146 valence electrons. The van der Waals surface area contributed by atoms with E-state index in [1.54, 1.807) is 25.1 Å². The number of halogens is 1. The fraction of sp³-hybridized carbons (Fsp3) is 0.211. The number of nitrogens with one attached hydrogen (secondary N) is 1. The molecule has 0 unspecified atom stereocenters. The molecule has 1 atom stereocenters. The average molecular weight is 449 g/mol. The van der Waals surface area contributed by atoms with Crippen molar-refractivity contribution in [3.8, 4) is 0 Å². The summed E-state index contributed by atoms with van der Waals surface area (Å²) < 4.78 is 15.6. The van der Waals surface area contributed by atoms with Crippen LogP contribution in [-0.4, -0.2) is 32.2 Å². The second-order valence-corrected chi connectivity index (χ2v) is 6.80. The fourth-order valence-corrected chi connectivity index (χ4v) is 3.47. The van der Waals surface area contributed by atoms with Gasteiger partial charge in [-0.25, -0.2) is 14.4 Å². The summed E-state index contributed by atoms with van der Waals surface area (Å²) in [6.45, 7) is 1.64. The van der Waals surface area contributed by atoms with Gasteiger partial charge in [0.1, 0.15) is 0 Å². The second-order valence-electron chi connectivity index (χ2n) is 5.89. The number of hydrogen-bond acceptors (Lipinski definition) is 6. The first-order valence-electron chi connectivity index (χ1n) is 8.20. The van der Waals surface area contributed by atoms with E-state index in [4.69, 9.17) is 13.9 Å². The van der Waals surface area contributed by atoms with Crippen molar-refractivity contribution in [1.29, 1.82) is 0 Å². The highest BCUT2D eigenvalue weighted by Gasteiger charge is 2.39. The summed E-state index contributed by atoms with van der Waals surface area (Å²) in [6.07, 6.45) is 1.29. The van der Waals surface area contributed by atoms with E-state index in [0.29, 0.717) is 16.9 Å². The molecular weight excluding hydrogens is 432 g/mol. The Morgan fingerprint density at radius 1 is 1.18 bits per heavy atom. The molecule has 0 bridgehead atoms. The summed E-state index contributed by atoms with van der Waals surface area (Å²) in [5, 5.41) is 2.75. The fourth-order valence-electron chi connectivity index (χ4n) is 3.08. The summed E-state index contributed by atoms with van der Waals surface area (Å²) in [7, 11) is 2.46. The van der Waals surface area contributed by atoms with E-state index in [1.807, 2.05) is 6.07 Å². The van der Waals surface area contributed by atoms with Gasteiger partial charge in [-0.2, -0.15) is 0 Å². The van der Waals surface area contributed by atoms with Crippen molar-refractivity contribution < 1.29 is 28.3 Å². The number of amides is 2. The van der Waals surface area contributed by atoms with Crippen LogP contribution < -0.4 is 10.2 Å². The molecule has 1 aromatic heterocycles. The van der Waals surface area contributed by atoms with Crippen molar-refractivity contribution in [3.05, 3.63) is 63.7 Å². The topological polar surface area (TPSA) is 98.1 Å². The molecule has 2 aromatic rings. The van der Waals surface area contributed by atoms with Gasteiger partial charge >= 0.3 is 18.0 Å². The van der Waals surface area contributed by atoms with Crippen LogP contribution in [0.4, 0.5) is 10.5 Å². The van der Waals surface area contributed by atoms with Crippen LogP contribution in [0.1, 0.15) is 29.1 Å². The molecule has 2 amide bonds. The van der Waals surface area contributed by atoms with E-state index in [2.05, 4.69) is 21.2 Å². The largest absolute Gasteiger partial charge is 0.466 e.